The Balaban J connectivity index is 1.11. The molecule has 8 nitrogen and oxygen atoms in total. The zero-order valence-corrected chi connectivity index (χ0v) is 30.1. The quantitative estimate of drug-likeness (QED) is 0.141. The molecule has 5 aromatic carbocycles. The molecule has 0 spiro atoms. The van der Waals surface area contributed by atoms with Crippen molar-refractivity contribution in [2.75, 3.05) is 91.9 Å². The molecule has 0 aromatic heterocycles. The van der Waals surface area contributed by atoms with Crippen LogP contribution in [0.25, 0.3) is 21.5 Å². The molecule has 7 rings (SSSR count). The number of carbonyl (C=O) groups excluding carboxylic acids is 2. The van der Waals surface area contributed by atoms with Gasteiger partial charge in [0.15, 0.2) is 0 Å². The van der Waals surface area contributed by atoms with Gasteiger partial charge in [0.2, 0.25) is 0 Å². The van der Waals surface area contributed by atoms with Crippen molar-refractivity contribution in [1.29, 1.82) is 0 Å². The van der Waals surface area contributed by atoms with Gasteiger partial charge in [0.05, 0.1) is 37.6 Å². The Hall–Kier alpha value is -4.60. The lowest BCUT2D eigenvalue weighted by atomic mass is 10.0. The van der Waals surface area contributed by atoms with E-state index in [9.17, 15) is 9.59 Å². The Morgan fingerprint density at radius 2 is 0.865 bits per heavy atom. The summed E-state index contributed by atoms with van der Waals surface area (Å²) in [5.41, 5.74) is 3.32. The normalized spacial score (nSPS) is 15.5. The van der Waals surface area contributed by atoms with Crippen molar-refractivity contribution in [3.8, 4) is 0 Å². The second kappa shape index (κ2) is 17.8. The minimum atomic E-state index is -0.0966. The van der Waals surface area contributed by atoms with E-state index in [1.54, 1.807) is 0 Å². The number of benzene rings is 5. The topological polar surface area (TPSA) is 65.6 Å². The summed E-state index contributed by atoms with van der Waals surface area (Å²) in [6, 6.07) is 37.2. The third kappa shape index (κ3) is 9.24. The summed E-state index contributed by atoms with van der Waals surface area (Å²) in [5, 5.41) is 4.81. The summed E-state index contributed by atoms with van der Waals surface area (Å²) in [6.07, 6.45) is 1.46. The molecule has 2 amide bonds. The molecule has 0 radical (unpaired) electrons. The molecule has 0 bridgehead atoms. The van der Waals surface area contributed by atoms with Gasteiger partial charge in [-0.15, -0.1) is 0 Å². The number of hydrogen-bond acceptors (Lipinski definition) is 6. The minimum Gasteiger partial charge on any atom is -0.379 e. The lowest BCUT2D eigenvalue weighted by Gasteiger charge is -2.32. The van der Waals surface area contributed by atoms with Crippen LogP contribution in [0.4, 0.5) is 0 Å². The minimum absolute atomic E-state index is 0.0966. The molecule has 2 fully saturated rings. The van der Waals surface area contributed by atoms with Crippen LogP contribution in [0.5, 0.6) is 0 Å². The predicted molar refractivity (Wildman–Crippen MR) is 208 cm³/mol. The second-order valence-corrected chi connectivity index (χ2v) is 13.9. The Morgan fingerprint density at radius 1 is 0.481 bits per heavy atom. The molecule has 270 valence electrons. The Bertz CT molecular complexity index is 1810. The summed E-state index contributed by atoms with van der Waals surface area (Å²) in [5.74, 6) is -0.193. The molecule has 0 aliphatic carbocycles. The fourth-order valence-corrected chi connectivity index (χ4v) is 7.32. The molecule has 5 aromatic rings. The van der Waals surface area contributed by atoms with Crippen molar-refractivity contribution >= 4 is 33.4 Å². The molecule has 2 aliphatic heterocycles. The fraction of sp³-hybridized carbons (Fsp3) is 0.364. The standard InChI is InChI=1S/C44H50N4O4/c49-43(47(23-21-45-25-29-51-30-26-45)19-17-35-13-15-37-7-1-3-9-39(37)33-35)41-11-5-6-12-42(41)44(50)48(24-22-46-27-31-52-32-28-46)20-18-36-14-16-38-8-2-4-10-40(38)34-36/h1-16,33-34H,17-32H2. The maximum atomic E-state index is 14.6. The summed E-state index contributed by atoms with van der Waals surface area (Å²) in [6.45, 7) is 10.1. The Labute approximate surface area is 307 Å². The number of fused-ring (bicyclic) bond motifs is 2. The largest absolute Gasteiger partial charge is 0.379 e. The van der Waals surface area contributed by atoms with Gasteiger partial charge in [0.1, 0.15) is 0 Å². The van der Waals surface area contributed by atoms with Gasteiger partial charge >= 0.3 is 0 Å². The molecular weight excluding hydrogens is 649 g/mol. The van der Waals surface area contributed by atoms with E-state index < -0.39 is 0 Å². The third-order valence-electron chi connectivity index (χ3n) is 10.5. The SMILES string of the molecule is O=C(c1ccccc1C(=O)N(CCc1ccc2ccccc2c1)CCN1CCOCC1)N(CCc1ccc2ccccc2c1)CCN1CCOCC1. The highest BCUT2D eigenvalue weighted by Crippen LogP contribution is 2.20. The number of carbonyl (C=O) groups is 2. The van der Waals surface area contributed by atoms with E-state index in [2.05, 4.69) is 94.7 Å². The molecular formula is C44H50N4O4. The zero-order valence-electron chi connectivity index (χ0n) is 30.1. The molecule has 2 saturated heterocycles. The molecule has 0 N–H and O–H groups in total. The smallest absolute Gasteiger partial charge is 0.254 e. The van der Waals surface area contributed by atoms with Crippen LogP contribution in [0.2, 0.25) is 0 Å². The summed E-state index contributed by atoms with van der Waals surface area (Å²) < 4.78 is 11.2. The van der Waals surface area contributed by atoms with Crippen LogP contribution in [-0.2, 0) is 22.3 Å². The van der Waals surface area contributed by atoms with Crippen LogP contribution >= 0.6 is 0 Å². The average Bonchev–Trinajstić information content (AvgIpc) is 3.21. The first-order chi connectivity index (χ1) is 25.6. The summed E-state index contributed by atoms with van der Waals surface area (Å²) in [7, 11) is 0. The Morgan fingerprint density at radius 3 is 1.29 bits per heavy atom. The highest BCUT2D eigenvalue weighted by atomic mass is 16.5. The van der Waals surface area contributed by atoms with Gasteiger partial charge in [-0.25, -0.2) is 0 Å². The van der Waals surface area contributed by atoms with Crippen LogP contribution in [0, 0.1) is 0 Å². The van der Waals surface area contributed by atoms with Crippen molar-refractivity contribution in [3.05, 3.63) is 131 Å². The third-order valence-corrected chi connectivity index (χ3v) is 10.5. The second-order valence-electron chi connectivity index (χ2n) is 13.9. The lowest BCUT2D eigenvalue weighted by Crippen LogP contribution is -2.45. The van der Waals surface area contributed by atoms with Gasteiger partial charge < -0.3 is 19.3 Å². The van der Waals surface area contributed by atoms with E-state index in [1.165, 1.54) is 32.7 Å². The highest BCUT2D eigenvalue weighted by Gasteiger charge is 2.26. The van der Waals surface area contributed by atoms with E-state index >= 15 is 0 Å². The number of hydrogen-bond donors (Lipinski definition) is 0. The maximum Gasteiger partial charge on any atom is 0.254 e. The van der Waals surface area contributed by atoms with Crippen LogP contribution < -0.4 is 0 Å². The Kier molecular flexibility index (Phi) is 12.2. The van der Waals surface area contributed by atoms with Crippen molar-refractivity contribution < 1.29 is 19.1 Å². The van der Waals surface area contributed by atoms with E-state index in [-0.39, 0.29) is 11.8 Å². The number of amides is 2. The number of rotatable bonds is 14. The van der Waals surface area contributed by atoms with Gasteiger partial charge in [-0.2, -0.15) is 0 Å². The van der Waals surface area contributed by atoms with Gasteiger partial charge in [-0.1, -0.05) is 97.1 Å². The first-order valence-electron chi connectivity index (χ1n) is 18.8. The molecule has 8 heteroatoms. The van der Waals surface area contributed by atoms with E-state index in [0.29, 0.717) is 63.7 Å². The van der Waals surface area contributed by atoms with Crippen LogP contribution in [0.15, 0.2) is 109 Å². The first-order valence-corrected chi connectivity index (χ1v) is 18.8. The van der Waals surface area contributed by atoms with Crippen LogP contribution in [0.3, 0.4) is 0 Å². The highest BCUT2D eigenvalue weighted by molar-refractivity contribution is 6.07. The zero-order chi connectivity index (χ0) is 35.5. The molecule has 0 saturated carbocycles. The lowest BCUT2D eigenvalue weighted by molar-refractivity contribution is 0.0319. The fourth-order valence-electron chi connectivity index (χ4n) is 7.32. The number of nitrogens with zero attached hydrogens (tertiary/aromatic N) is 4. The van der Waals surface area contributed by atoms with Crippen molar-refractivity contribution in [2.45, 2.75) is 12.8 Å². The molecule has 2 heterocycles. The van der Waals surface area contributed by atoms with Gasteiger partial charge in [0.25, 0.3) is 11.8 Å². The maximum absolute atomic E-state index is 14.6. The van der Waals surface area contributed by atoms with Gasteiger partial charge in [0, 0.05) is 65.4 Å². The molecule has 0 unspecified atom stereocenters. The van der Waals surface area contributed by atoms with Crippen molar-refractivity contribution in [2.24, 2.45) is 0 Å². The molecule has 2 aliphatic rings. The molecule has 0 atom stereocenters. The monoisotopic (exact) mass is 698 g/mol. The number of ether oxygens (including phenoxy) is 2. The van der Waals surface area contributed by atoms with Crippen molar-refractivity contribution in [3.63, 3.8) is 0 Å². The van der Waals surface area contributed by atoms with E-state index in [4.69, 9.17) is 9.47 Å². The van der Waals surface area contributed by atoms with Gasteiger partial charge in [-0.05, 0) is 57.6 Å². The van der Waals surface area contributed by atoms with Crippen LogP contribution in [0.1, 0.15) is 31.8 Å². The van der Waals surface area contributed by atoms with Gasteiger partial charge in [-0.3, -0.25) is 19.4 Å². The van der Waals surface area contributed by atoms with Crippen LogP contribution in [-0.4, -0.2) is 123 Å². The first kappa shape index (κ1) is 35.8. The number of morpholine rings is 2. The van der Waals surface area contributed by atoms with E-state index in [1.807, 2.05) is 34.1 Å². The van der Waals surface area contributed by atoms with Crippen molar-refractivity contribution in [1.82, 2.24) is 19.6 Å². The summed E-state index contributed by atoms with van der Waals surface area (Å²) in [4.78, 5) is 37.8. The average molecular weight is 699 g/mol. The summed E-state index contributed by atoms with van der Waals surface area (Å²) >= 11 is 0. The predicted octanol–water partition coefficient (Wildman–Crippen LogP) is 6.03. The molecule has 52 heavy (non-hydrogen) atoms. The van der Waals surface area contributed by atoms with E-state index in [0.717, 1.165) is 52.1 Å².